The van der Waals surface area contributed by atoms with Crippen LogP contribution in [0, 0.1) is 0 Å². The highest BCUT2D eigenvalue weighted by Crippen LogP contribution is 2.44. The van der Waals surface area contributed by atoms with E-state index >= 15 is 0 Å². The van der Waals surface area contributed by atoms with Gasteiger partial charge in [-0.25, -0.2) is 4.79 Å². The Bertz CT molecular complexity index is 1210. The average molecular weight is 485 g/mol. The molecular formula is C29H32N4O3. The Kier molecular flexibility index (Phi) is 6.31. The van der Waals surface area contributed by atoms with E-state index in [1.807, 2.05) is 98.5 Å². The monoisotopic (exact) mass is 484 g/mol. The van der Waals surface area contributed by atoms with Crippen molar-refractivity contribution in [1.29, 1.82) is 0 Å². The van der Waals surface area contributed by atoms with Gasteiger partial charge in [-0.3, -0.25) is 4.79 Å². The summed E-state index contributed by atoms with van der Waals surface area (Å²) in [6.45, 7) is 8.62. The lowest BCUT2D eigenvalue weighted by atomic mass is 9.86. The van der Waals surface area contributed by atoms with Gasteiger partial charge in [-0.15, -0.1) is 0 Å². The molecule has 5 rings (SSSR count). The third kappa shape index (κ3) is 5.00. The summed E-state index contributed by atoms with van der Waals surface area (Å²) in [4.78, 5) is 30.1. The molecule has 0 unspecified atom stereocenters. The van der Waals surface area contributed by atoms with Crippen LogP contribution in [0.15, 0.2) is 72.8 Å². The fourth-order valence-corrected chi connectivity index (χ4v) is 4.80. The third-order valence-electron chi connectivity index (χ3n) is 6.50. The summed E-state index contributed by atoms with van der Waals surface area (Å²) in [7, 11) is 0. The highest BCUT2D eigenvalue weighted by atomic mass is 16.5. The van der Waals surface area contributed by atoms with E-state index in [-0.39, 0.29) is 23.4 Å². The number of nitrogens with zero attached hydrogens (tertiary/aromatic N) is 2. The molecule has 1 fully saturated rings. The van der Waals surface area contributed by atoms with Crippen molar-refractivity contribution < 1.29 is 14.3 Å². The van der Waals surface area contributed by atoms with Gasteiger partial charge in [0.25, 0.3) is 0 Å². The van der Waals surface area contributed by atoms with Crippen LogP contribution in [0.2, 0.25) is 0 Å². The van der Waals surface area contributed by atoms with Gasteiger partial charge < -0.3 is 25.2 Å². The molecule has 7 heteroatoms. The molecule has 0 radical (unpaired) electrons. The van der Waals surface area contributed by atoms with Crippen LogP contribution in [0.4, 0.5) is 16.2 Å². The van der Waals surface area contributed by atoms with Crippen molar-refractivity contribution in [2.24, 2.45) is 0 Å². The number of piperazine rings is 1. The maximum absolute atomic E-state index is 13.8. The fourth-order valence-electron chi connectivity index (χ4n) is 4.80. The molecule has 2 aliphatic heterocycles. The number of carbonyl (C=O) groups excluding carboxylic acids is 2. The predicted molar refractivity (Wildman–Crippen MR) is 142 cm³/mol. The molecule has 7 nitrogen and oxygen atoms in total. The predicted octanol–water partition coefficient (Wildman–Crippen LogP) is 5.19. The van der Waals surface area contributed by atoms with Crippen molar-refractivity contribution in [3.05, 3.63) is 83.9 Å². The number of hydrogen-bond donors (Lipinski definition) is 2. The van der Waals surface area contributed by atoms with E-state index in [1.165, 1.54) is 0 Å². The zero-order valence-corrected chi connectivity index (χ0v) is 21.0. The molecule has 1 saturated heterocycles. The molecule has 3 aromatic rings. The Morgan fingerprint density at radius 2 is 1.36 bits per heavy atom. The molecule has 0 saturated carbocycles. The first-order valence-electron chi connectivity index (χ1n) is 12.4. The molecule has 2 N–H and O–H groups in total. The van der Waals surface area contributed by atoms with E-state index in [0.717, 1.165) is 47.1 Å². The zero-order chi connectivity index (χ0) is 25.3. The Morgan fingerprint density at radius 3 is 1.92 bits per heavy atom. The normalized spacial score (nSPS) is 15.4. The SMILES string of the molecule is CC(C)(C)NC(=O)Nc1ccc(N2CCN(C(=O)C3c4ccccc4Oc4ccccc43)CC2)cc1. The summed E-state index contributed by atoms with van der Waals surface area (Å²) < 4.78 is 6.07. The van der Waals surface area contributed by atoms with E-state index in [0.29, 0.717) is 13.1 Å². The molecule has 3 amide bonds. The van der Waals surface area contributed by atoms with E-state index in [9.17, 15) is 9.59 Å². The number of carbonyl (C=O) groups is 2. The lowest BCUT2D eigenvalue weighted by molar-refractivity contribution is -0.132. The fraction of sp³-hybridized carbons (Fsp3) is 0.310. The van der Waals surface area contributed by atoms with E-state index < -0.39 is 0 Å². The Labute approximate surface area is 212 Å². The van der Waals surface area contributed by atoms with Gasteiger partial charge in [0, 0.05) is 54.2 Å². The molecule has 2 heterocycles. The summed E-state index contributed by atoms with van der Waals surface area (Å²) in [6.07, 6.45) is 0. The van der Waals surface area contributed by atoms with Crippen LogP contribution in [0.25, 0.3) is 0 Å². The van der Waals surface area contributed by atoms with E-state index in [2.05, 4.69) is 15.5 Å². The van der Waals surface area contributed by atoms with Crippen molar-refractivity contribution in [2.75, 3.05) is 36.4 Å². The molecule has 3 aromatic carbocycles. The first-order chi connectivity index (χ1) is 17.3. The smallest absolute Gasteiger partial charge is 0.319 e. The minimum absolute atomic E-state index is 0.113. The molecule has 0 spiro atoms. The zero-order valence-electron chi connectivity index (χ0n) is 21.0. The summed E-state index contributed by atoms with van der Waals surface area (Å²) in [5, 5.41) is 5.77. The van der Waals surface area contributed by atoms with Crippen molar-refractivity contribution in [3.63, 3.8) is 0 Å². The van der Waals surface area contributed by atoms with Crippen LogP contribution in [0.1, 0.15) is 37.8 Å². The molecule has 186 valence electrons. The quantitative estimate of drug-likeness (QED) is 0.536. The van der Waals surface area contributed by atoms with Crippen molar-refractivity contribution in [2.45, 2.75) is 32.2 Å². The van der Waals surface area contributed by atoms with Crippen LogP contribution in [0.5, 0.6) is 11.5 Å². The van der Waals surface area contributed by atoms with E-state index in [4.69, 9.17) is 4.74 Å². The topological polar surface area (TPSA) is 73.9 Å². The first kappa shape index (κ1) is 23.7. The number of nitrogens with one attached hydrogen (secondary N) is 2. The van der Waals surface area contributed by atoms with Gasteiger partial charge in [-0.1, -0.05) is 36.4 Å². The van der Waals surface area contributed by atoms with Gasteiger partial charge in [0.15, 0.2) is 0 Å². The largest absolute Gasteiger partial charge is 0.457 e. The van der Waals surface area contributed by atoms with Crippen LogP contribution in [-0.4, -0.2) is 48.6 Å². The molecule has 0 aromatic heterocycles. The highest BCUT2D eigenvalue weighted by molar-refractivity contribution is 5.90. The summed E-state index contributed by atoms with van der Waals surface area (Å²) in [5.74, 6) is 1.25. The number of fused-ring (bicyclic) bond motifs is 2. The maximum Gasteiger partial charge on any atom is 0.319 e. The molecule has 2 aliphatic rings. The number of hydrogen-bond acceptors (Lipinski definition) is 4. The molecule has 0 aliphatic carbocycles. The second-order valence-electron chi connectivity index (χ2n) is 10.3. The number of benzene rings is 3. The summed E-state index contributed by atoms with van der Waals surface area (Å²) in [5.41, 5.74) is 3.36. The summed E-state index contributed by atoms with van der Waals surface area (Å²) >= 11 is 0. The van der Waals surface area contributed by atoms with Gasteiger partial charge >= 0.3 is 6.03 Å². The van der Waals surface area contributed by atoms with E-state index in [1.54, 1.807) is 0 Å². The Morgan fingerprint density at radius 1 is 0.806 bits per heavy atom. The van der Waals surface area contributed by atoms with Crippen LogP contribution >= 0.6 is 0 Å². The lowest BCUT2D eigenvalue weighted by Crippen LogP contribution is -2.50. The first-order valence-corrected chi connectivity index (χ1v) is 12.4. The number of anilines is 2. The molecular weight excluding hydrogens is 452 g/mol. The Balaban J connectivity index is 1.24. The highest BCUT2D eigenvalue weighted by Gasteiger charge is 2.36. The average Bonchev–Trinajstić information content (AvgIpc) is 2.86. The Hall–Kier alpha value is -4.00. The molecule has 36 heavy (non-hydrogen) atoms. The lowest BCUT2D eigenvalue weighted by Gasteiger charge is -2.38. The maximum atomic E-state index is 13.8. The van der Waals surface area contributed by atoms with Crippen LogP contribution in [0.3, 0.4) is 0 Å². The second kappa shape index (κ2) is 9.57. The molecule has 0 atom stereocenters. The van der Waals surface area contributed by atoms with Crippen LogP contribution < -0.4 is 20.3 Å². The second-order valence-corrected chi connectivity index (χ2v) is 10.3. The molecule has 0 bridgehead atoms. The number of rotatable bonds is 3. The minimum Gasteiger partial charge on any atom is -0.457 e. The van der Waals surface area contributed by atoms with Gasteiger partial charge in [0.05, 0.1) is 5.92 Å². The third-order valence-corrected chi connectivity index (χ3v) is 6.50. The summed E-state index contributed by atoms with van der Waals surface area (Å²) in [6, 6.07) is 23.2. The van der Waals surface area contributed by atoms with Crippen molar-refractivity contribution in [3.8, 4) is 11.5 Å². The van der Waals surface area contributed by atoms with Crippen molar-refractivity contribution in [1.82, 2.24) is 10.2 Å². The number of amides is 3. The van der Waals surface area contributed by atoms with Crippen LogP contribution in [-0.2, 0) is 4.79 Å². The van der Waals surface area contributed by atoms with Gasteiger partial charge in [-0.05, 0) is 57.2 Å². The minimum atomic E-state index is -0.359. The number of para-hydroxylation sites is 2. The number of ether oxygens (including phenoxy) is 1. The standard InChI is InChI=1S/C29H32N4O3/c1-29(2,3)31-28(35)30-20-12-14-21(15-13-20)32-16-18-33(19-17-32)27(34)26-22-8-4-6-10-24(22)36-25-11-7-5-9-23(25)26/h4-15,26H,16-19H2,1-3H3,(H2,30,31,35). The number of urea groups is 1. The van der Waals surface area contributed by atoms with Gasteiger partial charge in [0.2, 0.25) is 5.91 Å². The van der Waals surface area contributed by atoms with Gasteiger partial charge in [-0.2, -0.15) is 0 Å². The van der Waals surface area contributed by atoms with Crippen molar-refractivity contribution >= 4 is 23.3 Å². The van der Waals surface area contributed by atoms with Gasteiger partial charge in [0.1, 0.15) is 11.5 Å².